The minimum Gasteiger partial charge on any atom is -0.325 e. The molecule has 1 N–H and O–H groups in total. The topological polar surface area (TPSA) is 64.0 Å². The second-order valence-corrected chi connectivity index (χ2v) is 5.44. The molecule has 1 heterocycles. The van der Waals surface area contributed by atoms with E-state index in [1.807, 2.05) is 0 Å². The van der Waals surface area contributed by atoms with Crippen molar-refractivity contribution in [2.75, 3.05) is 5.32 Å². The van der Waals surface area contributed by atoms with Crippen molar-refractivity contribution in [3.05, 3.63) is 57.7 Å². The van der Waals surface area contributed by atoms with Crippen molar-refractivity contribution in [2.45, 2.75) is 32.7 Å². The van der Waals surface area contributed by atoms with Crippen LogP contribution in [0.2, 0.25) is 5.02 Å². The zero-order valence-electron chi connectivity index (χ0n) is 12.4. The van der Waals surface area contributed by atoms with E-state index in [2.05, 4.69) is 17.2 Å². The molecule has 1 aromatic carbocycles. The van der Waals surface area contributed by atoms with Crippen molar-refractivity contribution in [2.24, 2.45) is 0 Å². The fourth-order valence-electron chi connectivity index (χ4n) is 1.97. The maximum absolute atomic E-state index is 12.0. The molecule has 0 saturated carbocycles. The Hall–Kier alpha value is -2.14. The first kappa shape index (κ1) is 16.2. The first-order chi connectivity index (χ1) is 10.6. The van der Waals surface area contributed by atoms with Crippen LogP contribution >= 0.6 is 11.6 Å². The molecule has 2 rings (SSSR count). The second-order valence-electron chi connectivity index (χ2n) is 5.01. The standard InChI is InChI=1S/C16H18ClN3O2/c1-2-3-4-14-9-16(22)20(11-18-14)10-15(21)19-13-7-5-12(17)6-8-13/h5-9,11H,2-4,10H2,1H3,(H,19,21). The van der Waals surface area contributed by atoms with Crippen molar-refractivity contribution < 1.29 is 4.79 Å². The van der Waals surface area contributed by atoms with Crippen LogP contribution in [0.4, 0.5) is 5.69 Å². The van der Waals surface area contributed by atoms with Gasteiger partial charge < -0.3 is 5.32 Å². The van der Waals surface area contributed by atoms with E-state index in [0.29, 0.717) is 10.7 Å². The number of rotatable bonds is 6. The summed E-state index contributed by atoms with van der Waals surface area (Å²) in [5.41, 5.74) is 1.18. The number of carbonyl (C=O) groups is 1. The molecule has 0 fully saturated rings. The quantitative estimate of drug-likeness (QED) is 0.890. The minimum atomic E-state index is -0.285. The van der Waals surface area contributed by atoms with E-state index < -0.39 is 0 Å². The van der Waals surface area contributed by atoms with Gasteiger partial charge in [-0.05, 0) is 37.1 Å². The molecule has 0 bridgehead atoms. The highest BCUT2D eigenvalue weighted by Crippen LogP contribution is 2.13. The zero-order chi connectivity index (χ0) is 15.9. The summed E-state index contributed by atoms with van der Waals surface area (Å²) in [6, 6.07) is 8.27. The van der Waals surface area contributed by atoms with Gasteiger partial charge in [0.1, 0.15) is 6.54 Å². The van der Waals surface area contributed by atoms with Crippen LogP contribution in [0.5, 0.6) is 0 Å². The van der Waals surface area contributed by atoms with Gasteiger partial charge in [-0.25, -0.2) is 4.98 Å². The van der Waals surface area contributed by atoms with Crippen molar-refractivity contribution >= 4 is 23.2 Å². The maximum atomic E-state index is 12.0. The average molecular weight is 320 g/mol. The fourth-order valence-corrected chi connectivity index (χ4v) is 2.09. The van der Waals surface area contributed by atoms with E-state index in [4.69, 9.17) is 11.6 Å². The summed E-state index contributed by atoms with van der Waals surface area (Å²) >= 11 is 5.78. The Kier molecular flexibility index (Phi) is 5.72. The van der Waals surface area contributed by atoms with Gasteiger partial charge in [0, 0.05) is 22.5 Å². The van der Waals surface area contributed by atoms with Crippen LogP contribution in [0.15, 0.2) is 41.5 Å². The SMILES string of the molecule is CCCCc1cc(=O)n(CC(=O)Nc2ccc(Cl)cc2)cn1. The Bertz CT molecular complexity index is 695. The normalized spacial score (nSPS) is 10.5. The lowest BCUT2D eigenvalue weighted by Gasteiger charge is -2.08. The van der Waals surface area contributed by atoms with Crippen molar-refractivity contribution in [3.8, 4) is 0 Å². The van der Waals surface area contributed by atoms with Crippen LogP contribution < -0.4 is 10.9 Å². The van der Waals surface area contributed by atoms with E-state index in [0.717, 1.165) is 25.0 Å². The van der Waals surface area contributed by atoms with Crippen LogP contribution in [0.25, 0.3) is 0 Å². The number of aromatic nitrogens is 2. The molecule has 1 aromatic heterocycles. The first-order valence-electron chi connectivity index (χ1n) is 7.19. The molecule has 116 valence electrons. The molecule has 0 aliphatic rings. The van der Waals surface area contributed by atoms with E-state index in [1.165, 1.54) is 17.0 Å². The summed E-state index contributed by atoms with van der Waals surface area (Å²) in [5, 5.41) is 3.31. The molecular weight excluding hydrogens is 302 g/mol. The molecule has 22 heavy (non-hydrogen) atoms. The van der Waals surface area contributed by atoms with Gasteiger partial charge in [-0.3, -0.25) is 14.2 Å². The third kappa shape index (κ3) is 4.70. The van der Waals surface area contributed by atoms with Crippen molar-refractivity contribution in [1.29, 1.82) is 0 Å². The van der Waals surface area contributed by atoms with Gasteiger partial charge in [0.15, 0.2) is 0 Å². The average Bonchev–Trinajstić information content (AvgIpc) is 2.50. The van der Waals surface area contributed by atoms with Crippen LogP contribution in [-0.2, 0) is 17.8 Å². The summed E-state index contributed by atoms with van der Waals surface area (Å²) in [7, 11) is 0. The van der Waals surface area contributed by atoms with E-state index in [1.54, 1.807) is 24.3 Å². The number of benzene rings is 1. The predicted molar refractivity (Wildman–Crippen MR) is 87.2 cm³/mol. The molecule has 0 saturated heterocycles. The molecular formula is C16H18ClN3O2. The monoisotopic (exact) mass is 319 g/mol. The number of halogens is 1. The Morgan fingerprint density at radius 1 is 1.32 bits per heavy atom. The molecule has 6 heteroatoms. The number of hydrogen-bond donors (Lipinski definition) is 1. The molecule has 1 amide bonds. The van der Waals surface area contributed by atoms with Crippen molar-refractivity contribution in [3.63, 3.8) is 0 Å². The Labute approximate surface area is 134 Å². The highest BCUT2D eigenvalue weighted by atomic mass is 35.5. The molecule has 0 unspecified atom stereocenters. The number of carbonyl (C=O) groups excluding carboxylic acids is 1. The smallest absolute Gasteiger partial charge is 0.253 e. The number of hydrogen-bond acceptors (Lipinski definition) is 3. The summed E-state index contributed by atoms with van der Waals surface area (Å²) in [5.74, 6) is -0.285. The van der Waals surface area contributed by atoms with Crippen LogP contribution in [0, 0.1) is 0 Å². The molecule has 0 aliphatic heterocycles. The van der Waals surface area contributed by atoms with Crippen LogP contribution in [0.3, 0.4) is 0 Å². The highest BCUT2D eigenvalue weighted by molar-refractivity contribution is 6.30. The summed E-state index contributed by atoms with van der Waals surface area (Å²) in [6.07, 6.45) is 4.25. The highest BCUT2D eigenvalue weighted by Gasteiger charge is 2.06. The maximum Gasteiger partial charge on any atom is 0.253 e. The third-order valence-corrected chi connectivity index (χ3v) is 3.42. The summed E-state index contributed by atoms with van der Waals surface area (Å²) in [6.45, 7) is 2.02. The van der Waals surface area contributed by atoms with Crippen molar-refractivity contribution in [1.82, 2.24) is 9.55 Å². The largest absolute Gasteiger partial charge is 0.325 e. The third-order valence-electron chi connectivity index (χ3n) is 3.16. The molecule has 0 atom stereocenters. The number of nitrogens with one attached hydrogen (secondary N) is 1. The fraction of sp³-hybridized carbons (Fsp3) is 0.312. The Balaban J connectivity index is 1.99. The molecule has 2 aromatic rings. The summed E-state index contributed by atoms with van der Waals surface area (Å²) in [4.78, 5) is 28.1. The van der Waals surface area contributed by atoms with E-state index in [9.17, 15) is 9.59 Å². The van der Waals surface area contributed by atoms with E-state index >= 15 is 0 Å². The van der Waals surface area contributed by atoms with Gasteiger partial charge in [0.2, 0.25) is 5.91 Å². The van der Waals surface area contributed by atoms with Gasteiger partial charge in [0.05, 0.1) is 6.33 Å². The second kappa shape index (κ2) is 7.75. The summed E-state index contributed by atoms with van der Waals surface area (Å²) < 4.78 is 1.29. The number of unbranched alkanes of at least 4 members (excludes halogenated alkanes) is 1. The lowest BCUT2D eigenvalue weighted by molar-refractivity contribution is -0.116. The van der Waals surface area contributed by atoms with Gasteiger partial charge in [-0.15, -0.1) is 0 Å². The van der Waals surface area contributed by atoms with Gasteiger partial charge in [-0.1, -0.05) is 24.9 Å². The molecule has 0 radical (unpaired) electrons. The minimum absolute atomic E-state index is 0.0669. The lowest BCUT2D eigenvalue weighted by Crippen LogP contribution is -2.27. The number of aryl methyl sites for hydroxylation is 1. The first-order valence-corrected chi connectivity index (χ1v) is 7.57. The van der Waals surface area contributed by atoms with Crippen LogP contribution in [0.1, 0.15) is 25.5 Å². The van der Waals surface area contributed by atoms with Gasteiger partial charge >= 0.3 is 0 Å². The Morgan fingerprint density at radius 2 is 2.05 bits per heavy atom. The van der Waals surface area contributed by atoms with Gasteiger partial charge in [0.25, 0.3) is 5.56 Å². The van der Waals surface area contributed by atoms with Gasteiger partial charge in [-0.2, -0.15) is 0 Å². The number of amides is 1. The predicted octanol–water partition coefficient (Wildman–Crippen LogP) is 2.88. The van der Waals surface area contributed by atoms with Crippen LogP contribution in [-0.4, -0.2) is 15.5 Å². The molecule has 5 nitrogen and oxygen atoms in total. The Morgan fingerprint density at radius 3 is 2.68 bits per heavy atom. The lowest BCUT2D eigenvalue weighted by atomic mass is 10.2. The number of nitrogens with zero attached hydrogens (tertiary/aromatic N) is 2. The molecule has 0 aliphatic carbocycles. The van der Waals surface area contributed by atoms with E-state index in [-0.39, 0.29) is 18.0 Å². The molecule has 0 spiro atoms. The number of anilines is 1. The zero-order valence-corrected chi connectivity index (χ0v) is 13.1.